The minimum absolute atomic E-state index is 0.0363. The third-order valence-corrected chi connectivity index (χ3v) is 3.53. The summed E-state index contributed by atoms with van der Waals surface area (Å²) in [6.07, 6.45) is 2.72. The zero-order chi connectivity index (χ0) is 13.7. The molecule has 1 fully saturated rings. The van der Waals surface area contributed by atoms with E-state index in [-0.39, 0.29) is 5.84 Å². The SMILES string of the molecule is CC(NCc1cccnc1/C(N)=N/O)C1CCOC1. The summed E-state index contributed by atoms with van der Waals surface area (Å²) in [5.74, 6) is 0.582. The fourth-order valence-corrected chi connectivity index (χ4v) is 2.24. The largest absolute Gasteiger partial charge is 0.409 e. The van der Waals surface area contributed by atoms with Crippen molar-refractivity contribution in [2.75, 3.05) is 13.2 Å². The van der Waals surface area contributed by atoms with Crippen molar-refractivity contribution >= 4 is 5.84 Å². The molecule has 1 aromatic heterocycles. The highest BCUT2D eigenvalue weighted by molar-refractivity contribution is 5.96. The van der Waals surface area contributed by atoms with Crippen LogP contribution in [-0.2, 0) is 11.3 Å². The number of aromatic nitrogens is 1. The van der Waals surface area contributed by atoms with E-state index in [1.54, 1.807) is 6.20 Å². The standard InChI is InChI=1S/C13H20N4O2/c1-9(11-4-6-19-8-11)16-7-10-3-2-5-15-12(10)13(14)17-18/h2-3,5,9,11,16,18H,4,6-8H2,1H3,(H2,14,17). The van der Waals surface area contributed by atoms with Gasteiger partial charge in [-0.1, -0.05) is 11.2 Å². The summed E-state index contributed by atoms with van der Waals surface area (Å²) in [5, 5.41) is 15.2. The van der Waals surface area contributed by atoms with Gasteiger partial charge in [-0.05, 0) is 30.9 Å². The van der Waals surface area contributed by atoms with Gasteiger partial charge in [0.05, 0.1) is 6.61 Å². The second kappa shape index (κ2) is 6.49. The van der Waals surface area contributed by atoms with Crippen molar-refractivity contribution in [2.24, 2.45) is 16.8 Å². The zero-order valence-electron chi connectivity index (χ0n) is 11.0. The highest BCUT2D eigenvalue weighted by atomic mass is 16.5. The van der Waals surface area contributed by atoms with Gasteiger partial charge in [-0.15, -0.1) is 0 Å². The fourth-order valence-electron chi connectivity index (χ4n) is 2.24. The van der Waals surface area contributed by atoms with E-state index in [4.69, 9.17) is 15.7 Å². The van der Waals surface area contributed by atoms with Gasteiger partial charge in [-0.25, -0.2) is 0 Å². The predicted octanol–water partition coefficient (Wildman–Crippen LogP) is 0.691. The lowest BCUT2D eigenvalue weighted by Crippen LogP contribution is -2.34. The Hall–Kier alpha value is -1.66. The van der Waals surface area contributed by atoms with Crippen LogP contribution in [0.3, 0.4) is 0 Å². The van der Waals surface area contributed by atoms with E-state index in [1.807, 2.05) is 12.1 Å². The molecule has 1 aromatic rings. The second-order valence-corrected chi connectivity index (χ2v) is 4.79. The number of ether oxygens (including phenoxy) is 1. The van der Waals surface area contributed by atoms with Gasteiger partial charge in [0.25, 0.3) is 0 Å². The van der Waals surface area contributed by atoms with E-state index in [0.717, 1.165) is 25.2 Å². The molecule has 0 aliphatic carbocycles. The van der Waals surface area contributed by atoms with Crippen LogP contribution < -0.4 is 11.1 Å². The highest BCUT2D eigenvalue weighted by Gasteiger charge is 2.22. The molecular weight excluding hydrogens is 244 g/mol. The Kier molecular flexibility index (Phi) is 4.70. The zero-order valence-corrected chi connectivity index (χ0v) is 11.0. The van der Waals surface area contributed by atoms with Crippen molar-refractivity contribution in [3.8, 4) is 0 Å². The van der Waals surface area contributed by atoms with Crippen molar-refractivity contribution in [2.45, 2.75) is 25.9 Å². The van der Waals surface area contributed by atoms with Gasteiger partial charge in [0, 0.05) is 25.4 Å². The van der Waals surface area contributed by atoms with Crippen LogP contribution in [0.4, 0.5) is 0 Å². The molecular formula is C13H20N4O2. The molecule has 2 unspecified atom stereocenters. The summed E-state index contributed by atoms with van der Waals surface area (Å²) in [6.45, 7) is 4.45. The summed E-state index contributed by atoms with van der Waals surface area (Å²) < 4.78 is 5.39. The van der Waals surface area contributed by atoms with E-state index in [0.29, 0.717) is 24.2 Å². The number of oxime groups is 1. The third-order valence-electron chi connectivity index (χ3n) is 3.53. The van der Waals surface area contributed by atoms with Crippen LogP contribution in [-0.4, -0.2) is 35.3 Å². The van der Waals surface area contributed by atoms with Gasteiger partial charge in [-0.3, -0.25) is 4.98 Å². The summed E-state index contributed by atoms with van der Waals surface area (Å²) in [7, 11) is 0. The molecule has 0 saturated carbocycles. The lowest BCUT2D eigenvalue weighted by atomic mass is 10.0. The van der Waals surface area contributed by atoms with E-state index < -0.39 is 0 Å². The van der Waals surface area contributed by atoms with Crippen molar-refractivity contribution in [3.05, 3.63) is 29.6 Å². The van der Waals surface area contributed by atoms with Crippen LogP contribution in [0.2, 0.25) is 0 Å². The van der Waals surface area contributed by atoms with Crippen molar-refractivity contribution < 1.29 is 9.94 Å². The number of rotatable bonds is 5. The maximum Gasteiger partial charge on any atom is 0.189 e. The van der Waals surface area contributed by atoms with Gasteiger partial charge < -0.3 is 21.0 Å². The number of nitrogens with one attached hydrogen (secondary N) is 1. The Morgan fingerprint density at radius 3 is 3.26 bits per heavy atom. The number of amidine groups is 1. The van der Waals surface area contributed by atoms with Crippen molar-refractivity contribution in [1.29, 1.82) is 0 Å². The molecule has 2 heterocycles. The van der Waals surface area contributed by atoms with E-state index >= 15 is 0 Å². The Morgan fingerprint density at radius 2 is 2.58 bits per heavy atom. The van der Waals surface area contributed by atoms with Gasteiger partial charge in [0.2, 0.25) is 0 Å². The van der Waals surface area contributed by atoms with Gasteiger partial charge in [0.15, 0.2) is 5.84 Å². The summed E-state index contributed by atoms with van der Waals surface area (Å²) in [5.41, 5.74) is 7.05. The molecule has 6 heteroatoms. The van der Waals surface area contributed by atoms with Crippen LogP contribution in [0.25, 0.3) is 0 Å². The molecule has 1 aliphatic heterocycles. The van der Waals surface area contributed by atoms with Crippen LogP contribution in [0, 0.1) is 5.92 Å². The molecule has 0 aromatic carbocycles. The predicted molar refractivity (Wildman–Crippen MR) is 72.0 cm³/mol. The monoisotopic (exact) mass is 264 g/mol. The Balaban J connectivity index is 1.99. The van der Waals surface area contributed by atoms with E-state index in [9.17, 15) is 0 Å². The van der Waals surface area contributed by atoms with Crippen LogP contribution in [0.1, 0.15) is 24.6 Å². The Labute approximate surface area is 112 Å². The quantitative estimate of drug-likeness (QED) is 0.315. The number of hydrogen-bond acceptors (Lipinski definition) is 5. The molecule has 0 radical (unpaired) electrons. The first kappa shape index (κ1) is 13.8. The lowest BCUT2D eigenvalue weighted by molar-refractivity contribution is 0.178. The highest BCUT2D eigenvalue weighted by Crippen LogP contribution is 2.17. The maximum absolute atomic E-state index is 8.75. The second-order valence-electron chi connectivity index (χ2n) is 4.79. The first-order chi connectivity index (χ1) is 9.22. The minimum atomic E-state index is 0.0363. The molecule has 1 saturated heterocycles. The number of nitrogens with two attached hydrogens (primary N) is 1. The van der Waals surface area contributed by atoms with E-state index in [2.05, 4.69) is 22.4 Å². The van der Waals surface area contributed by atoms with Crippen molar-refractivity contribution in [3.63, 3.8) is 0 Å². The van der Waals surface area contributed by atoms with E-state index in [1.165, 1.54) is 0 Å². The van der Waals surface area contributed by atoms with Crippen LogP contribution >= 0.6 is 0 Å². The van der Waals surface area contributed by atoms with Gasteiger partial charge in [0.1, 0.15) is 5.69 Å². The molecule has 0 spiro atoms. The number of pyridine rings is 1. The molecule has 19 heavy (non-hydrogen) atoms. The molecule has 104 valence electrons. The first-order valence-electron chi connectivity index (χ1n) is 6.45. The molecule has 4 N–H and O–H groups in total. The Morgan fingerprint density at radius 1 is 1.74 bits per heavy atom. The maximum atomic E-state index is 8.75. The van der Waals surface area contributed by atoms with Crippen LogP contribution in [0.5, 0.6) is 0 Å². The Bertz CT molecular complexity index is 444. The molecule has 1 aliphatic rings. The van der Waals surface area contributed by atoms with Gasteiger partial charge in [-0.2, -0.15) is 0 Å². The summed E-state index contributed by atoms with van der Waals surface area (Å²) in [4.78, 5) is 4.14. The summed E-state index contributed by atoms with van der Waals surface area (Å²) >= 11 is 0. The topological polar surface area (TPSA) is 92.8 Å². The smallest absolute Gasteiger partial charge is 0.189 e. The molecule has 0 bridgehead atoms. The average molecular weight is 264 g/mol. The molecule has 2 atom stereocenters. The normalized spacial score (nSPS) is 21.5. The summed E-state index contributed by atoms with van der Waals surface area (Å²) in [6, 6.07) is 4.13. The number of hydrogen-bond donors (Lipinski definition) is 3. The third kappa shape index (κ3) is 3.42. The van der Waals surface area contributed by atoms with Gasteiger partial charge >= 0.3 is 0 Å². The molecule has 6 nitrogen and oxygen atoms in total. The minimum Gasteiger partial charge on any atom is -0.409 e. The number of nitrogens with zero attached hydrogens (tertiary/aromatic N) is 2. The first-order valence-corrected chi connectivity index (χ1v) is 6.45. The lowest BCUT2D eigenvalue weighted by Gasteiger charge is -2.19. The molecule has 2 rings (SSSR count). The fraction of sp³-hybridized carbons (Fsp3) is 0.538. The van der Waals surface area contributed by atoms with Crippen LogP contribution in [0.15, 0.2) is 23.5 Å². The molecule has 0 amide bonds. The van der Waals surface area contributed by atoms with Crippen molar-refractivity contribution in [1.82, 2.24) is 10.3 Å². The average Bonchev–Trinajstić information content (AvgIpc) is 2.98.